The molecule has 0 N–H and O–H groups in total. The Balaban J connectivity index is 1.90. The van der Waals surface area contributed by atoms with Crippen molar-refractivity contribution in [2.24, 2.45) is 0 Å². The lowest BCUT2D eigenvalue weighted by Gasteiger charge is -2.32. The predicted molar refractivity (Wildman–Crippen MR) is 100 cm³/mol. The van der Waals surface area contributed by atoms with Crippen molar-refractivity contribution >= 4 is 5.91 Å². The highest BCUT2D eigenvalue weighted by Gasteiger charge is 2.23. The van der Waals surface area contributed by atoms with Crippen LogP contribution in [0.1, 0.15) is 16.1 Å². The van der Waals surface area contributed by atoms with Crippen LogP contribution in [0.4, 0.5) is 0 Å². The lowest BCUT2D eigenvalue weighted by atomic mass is 10.0. The van der Waals surface area contributed by atoms with Gasteiger partial charge in [-0.1, -0.05) is 24.3 Å². The van der Waals surface area contributed by atoms with Crippen LogP contribution in [0.2, 0.25) is 0 Å². The first-order valence-corrected chi connectivity index (χ1v) is 8.71. The fourth-order valence-corrected chi connectivity index (χ4v) is 3.17. The number of hydrogen-bond acceptors (Lipinski definition) is 4. The second-order valence-electron chi connectivity index (χ2n) is 6.93. The highest BCUT2D eigenvalue weighted by atomic mass is 16.2. The Morgan fingerprint density at radius 2 is 1.88 bits per heavy atom. The Hall–Kier alpha value is -2.24. The number of carbonyl (C=O) groups is 1. The standard InChI is InChI=1S/C20H26N4O/c1-22(2)15-16-6-4-7-17(14-16)18-8-5-9-21-19(18)20(25)24-12-10-23(3)11-13-24/h4-9,14H,10-13,15H2,1-3H3. The molecule has 1 aromatic carbocycles. The molecule has 2 aromatic rings. The fourth-order valence-electron chi connectivity index (χ4n) is 3.17. The summed E-state index contributed by atoms with van der Waals surface area (Å²) in [6.07, 6.45) is 1.70. The molecule has 0 aliphatic carbocycles. The fraction of sp³-hybridized carbons (Fsp3) is 0.400. The first-order chi connectivity index (χ1) is 12.0. The number of rotatable bonds is 4. The lowest BCUT2D eigenvalue weighted by molar-refractivity contribution is 0.0659. The molecule has 2 heterocycles. The maximum atomic E-state index is 13.0. The van der Waals surface area contributed by atoms with Crippen molar-refractivity contribution in [2.75, 3.05) is 47.3 Å². The molecule has 1 fully saturated rings. The van der Waals surface area contributed by atoms with Crippen LogP contribution < -0.4 is 0 Å². The van der Waals surface area contributed by atoms with E-state index in [1.807, 2.05) is 23.1 Å². The molecule has 25 heavy (non-hydrogen) atoms. The van der Waals surface area contributed by atoms with Crippen molar-refractivity contribution in [1.82, 2.24) is 19.7 Å². The van der Waals surface area contributed by atoms with Gasteiger partial charge in [0.15, 0.2) is 0 Å². The quantitative estimate of drug-likeness (QED) is 0.857. The van der Waals surface area contributed by atoms with Crippen LogP contribution in [0.5, 0.6) is 0 Å². The van der Waals surface area contributed by atoms with Gasteiger partial charge in [0.1, 0.15) is 5.69 Å². The number of benzene rings is 1. The molecular formula is C20H26N4O. The molecule has 1 amide bonds. The Morgan fingerprint density at radius 1 is 1.12 bits per heavy atom. The van der Waals surface area contributed by atoms with E-state index in [1.54, 1.807) is 6.20 Å². The van der Waals surface area contributed by atoms with Gasteiger partial charge in [-0.25, -0.2) is 0 Å². The van der Waals surface area contributed by atoms with Gasteiger partial charge in [0.05, 0.1) is 0 Å². The molecule has 1 aliphatic heterocycles. The van der Waals surface area contributed by atoms with Gasteiger partial charge in [-0.05, 0) is 44.4 Å². The number of nitrogens with zero attached hydrogens (tertiary/aromatic N) is 4. The summed E-state index contributed by atoms with van der Waals surface area (Å²) in [6.45, 7) is 4.20. The Labute approximate surface area is 149 Å². The second kappa shape index (κ2) is 7.76. The maximum Gasteiger partial charge on any atom is 0.273 e. The summed E-state index contributed by atoms with van der Waals surface area (Å²) >= 11 is 0. The maximum absolute atomic E-state index is 13.0. The Kier molecular flexibility index (Phi) is 5.46. The van der Waals surface area contributed by atoms with Crippen LogP contribution in [0.3, 0.4) is 0 Å². The van der Waals surface area contributed by atoms with E-state index in [9.17, 15) is 4.79 Å². The molecule has 0 saturated carbocycles. The second-order valence-corrected chi connectivity index (χ2v) is 6.93. The lowest BCUT2D eigenvalue weighted by Crippen LogP contribution is -2.47. The molecule has 5 nitrogen and oxygen atoms in total. The van der Waals surface area contributed by atoms with Crippen molar-refractivity contribution in [3.8, 4) is 11.1 Å². The number of pyridine rings is 1. The highest BCUT2D eigenvalue weighted by Crippen LogP contribution is 2.25. The molecule has 5 heteroatoms. The van der Waals surface area contributed by atoms with Crippen molar-refractivity contribution in [3.05, 3.63) is 53.9 Å². The average molecular weight is 338 g/mol. The molecule has 1 saturated heterocycles. The van der Waals surface area contributed by atoms with E-state index in [4.69, 9.17) is 0 Å². The normalized spacial score (nSPS) is 15.6. The molecule has 0 unspecified atom stereocenters. The third kappa shape index (κ3) is 4.24. The summed E-state index contributed by atoms with van der Waals surface area (Å²) in [5.41, 5.74) is 3.73. The number of carbonyl (C=O) groups excluding carboxylic acids is 1. The van der Waals surface area contributed by atoms with Crippen LogP contribution in [0, 0.1) is 0 Å². The third-order valence-electron chi connectivity index (χ3n) is 4.54. The summed E-state index contributed by atoms with van der Waals surface area (Å²) in [4.78, 5) is 23.7. The van der Waals surface area contributed by atoms with E-state index in [1.165, 1.54) is 5.56 Å². The minimum Gasteiger partial charge on any atom is -0.335 e. The Bertz CT molecular complexity index is 736. The molecule has 0 spiro atoms. The average Bonchev–Trinajstić information content (AvgIpc) is 2.61. The van der Waals surface area contributed by atoms with Gasteiger partial charge in [0, 0.05) is 44.5 Å². The zero-order chi connectivity index (χ0) is 17.8. The molecule has 1 aromatic heterocycles. The van der Waals surface area contributed by atoms with Crippen LogP contribution in [0.15, 0.2) is 42.6 Å². The van der Waals surface area contributed by atoms with Crippen molar-refractivity contribution < 1.29 is 4.79 Å². The first kappa shape index (κ1) is 17.6. The van der Waals surface area contributed by atoms with Gasteiger partial charge in [-0.2, -0.15) is 0 Å². The molecule has 0 atom stereocenters. The van der Waals surface area contributed by atoms with Gasteiger partial charge in [0.25, 0.3) is 5.91 Å². The summed E-state index contributed by atoms with van der Waals surface area (Å²) < 4.78 is 0. The molecular weight excluding hydrogens is 312 g/mol. The van der Waals surface area contributed by atoms with Crippen molar-refractivity contribution in [2.45, 2.75) is 6.54 Å². The van der Waals surface area contributed by atoms with Gasteiger partial charge in [0.2, 0.25) is 0 Å². The number of hydrogen-bond donors (Lipinski definition) is 0. The number of aromatic nitrogens is 1. The largest absolute Gasteiger partial charge is 0.335 e. The van der Waals surface area contributed by atoms with E-state index in [2.05, 4.69) is 54.1 Å². The van der Waals surface area contributed by atoms with Crippen LogP contribution in [0.25, 0.3) is 11.1 Å². The summed E-state index contributed by atoms with van der Waals surface area (Å²) in [6, 6.07) is 12.3. The van der Waals surface area contributed by atoms with Crippen molar-refractivity contribution in [1.29, 1.82) is 0 Å². The van der Waals surface area contributed by atoms with Gasteiger partial charge < -0.3 is 14.7 Å². The third-order valence-corrected chi connectivity index (χ3v) is 4.54. The van der Waals surface area contributed by atoms with Crippen molar-refractivity contribution in [3.63, 3.8) is 0 Å². The van der Waals surface area contributed by atoms with Gasteiger partial charge in [-0.15, -0.1) is 0 Å². The molecule has 0 bridgehead atoms. The predicted octanol–water partition coefficient (Wildman–Crippen LogP) is 2.20. The van der Waals surface area contributed by atoms with E-state index >= 15 is 0 Å². The monoisotopic (exact) mass is 338 g/mol. The zero-order valence-corrected chi connectivity index (χ0v) is 15.3. The summed E-state index contributed by atoms with van der Waals surface area (Å²) in [5, 5.41) is 0. The van der Waals surface area contributed by atoms with Crippen LogP contribution >= 0.6 is 0 Å². The SMILES string of the molecule is CN(C)Cc1cccc(-c2cccnc2C(=O)N2CCN(C)CC2)c1. The minimum absolute atomic E-state index is 0.0294. The summed E-state index contributed by atoms with van der Waals surface area (Å²) in [5.74, 6) is 0.0294. The highest BCUT2D eigenvalue weighted by molar-refractivity contribution is 5.99. The van der Waals surface area contributed by atoms with Crippen LogP contribution in [-0.4, -0.2) is 72.9 Å². The zero-order valence-electron chi connectivity index (χ0n) is 15.3. The number of likely N-dealkylation sites (N-methyl/N-ethyl adjacent to an activating group) is 1. The smallest absolute Gasteiger partial charge is 0.273 e. The first-order valence-electron chi connectivity index (χ1n) is 8.71. The van der Waals surface area contributed by atoms with E-state index in [0.29, 0.717) is 5.69 Å². The van der Waals surface area contributed by atoms with E-state index in [0.717, 1.165) is 43.9 Å². The Morgan fingerprint density at radius 3 is 2.60 bits per heavy atom. The van der Waals surface area contributed by atoms with Gasteiger partial charge >= 0.3 is 0 Å². The van der Waals surface area contributed by atoms with Crippen LogP contribution in [-0.2, 0) is 6.54 Å². The van der Waals surface area contributed by atoms with Gasteiger partial charge in [-0.3, -0.25) is 9.78 Å². The van der Waals surface area contributed by atoms with E-state index in [-0.39, 0.29) is 5.91 Å². The summed E-state index contributed by atoms with van der Waals surface area (Å²) in [7, 11) is 6.20. The molecule has 0 radical (unpaired) electrons. The molecule has 3 rings (SSSR count). The molecule has 1 aliphatic rings. The minimum atomic E-state index is 0.0294. The topological polar surface area (TPSA) is 39.7 Å². The molecule has 132 valence electrons. The van der Waals surface area contributed by atoms with E-state index < -0.39 is 0 Å². The number of piperazine rings is 1. The number of amides is 1.